The minimum absolute atomic E-state index is 0.130. The van der Waals surface area contributed by atoms with Crippen LogP contribution in [0, 0.1) is 0 Å². The lowest BCUT2D eigenvalue weighted by atomic mass is 9.90. The Hall–Kier alpha value is -1.15. The standard InChI is InChI=1S/C10H17NO6S/c1-7(18(2,15)16)8(12)11-10(9(13)14)3-5-17-6-4-10/h7H,3-6H2,1-2H3,(H,11,12)(H,13,14). The van der Waals surface area contributed by atoms with E-state index in [9.17, 15) is 23.1 Å². The molecule has 0 radical (unpaired) electrons. The maximum Gasteiger partial charge on any atom is 0.329 e. The Morgan fingerprint density at radius 3 is 2.22 bits per heavy atom. The van der Waals surface area contributed by atoms with Crippen LogP contribution in [0.1, 0.15) is 19.8 Å². The zero-order chi connectivity index (χ0) is 14.0. The molecular weight excluding hydrogens is 262 g/mol. The average Bonchev–Trinajstić information content (AvgIpc) is 2.27. The number of carbonyl (C=O) groups is 2. The molecule has 1 fully saturated rings. The van der Waals surface area contributed by atoms with Gasteiger partial charge < -0.3 is 15.2 Å². The molecule has 0 spiro atoms. The minimum Gasteiger partial charge on any atom is -0.480 e. The monoisotopic (exact) mass is 279 g/mol. The second-order valence-corrected chi connectivity index (χ2v) is 6.83. The fraction of sp³-hybridized carbons (Fsp3) is 0.800. The Morgan fingerprint density at radius 1 is 1.33 bits per heavy atom. The van der Waals surface area contributed by atoms with Crippen LogP contribution in [-0.2, 0) is 24.2 Å². The molecule has 1 amide bonds. The zero-order valence-corrected chi connectivity index (χ0v) is 11.1. The van der Waals surface area contributed by atoms with Gasteiger partial charge in [-0.25, -0.2) is 13.2 Å². The molecule has 1 aliphatic heterocycles. The van der Waals surface area contributed by atoms with Crippen LogP contribution in [0.15, 0.2) is 0 Å². The van der Waals surface area contributed by atoms with Gasteiger partial charge >= 0.3 is 5.97 Å². The molecule has 2 N–H and O–H groups in total. The molecule has 7 nitrogen and oxygen atoms in total. The second kappa shape index (κ2) is 5.23. The van der Waals surface area contributed by atoms with Crippen molar-refractivity contribution in [2.45, 2.75) is 30.6 Å². The molecule has 0 aromatic rings. The first kappa shape index (κ1) is 14.9. The van der Waals surface area contributed by atoms with Gasteiger partial charge in [-0.15, -0.1) is 0 Å². The van der Waals surface area contributed by atoms with E-state index in [2.05, 4.69) is 5.32 Å². The molecule has 104 valence electrons. The van der Waals surface area contributed by atoms with Crippen molar-refractivity contribution in [2.75, 3.05) is 19.5 Å². The van der Waals surface area contributed by atoms with Crippen molar-refractivity contribution in [3.05, 3.63) is 0 Å². The third-order valence-electron chi connectivity index (χ3n) is 3.13. The van der Waals surface area contributed by atoms with Crippen molar-refractivity contribution < 1.29 is 27.9 Å². The van der Waals surface area contributed by atoms with Gasteiger partial charge in [0.1, 0.15) is 10.8 Å². The molecule has 18 heavy (non-hydrogen) atoms. The van der Waals surface area contributed by atoms with Gasteiger partial charge in [-0.2, -0.15) is 0 Å². The quantitative estimate of drug-likeness (QED) is 0.695. The summed E-state index contributed by atoms with van der Waals surface area (Å²) in [6.45, 7) is 1.68. The van der Waals surface area contributed by atoms with Crippen molar-refractivity contribution >= 4 is 21.7 Å². The summed E-state index contributed by atoms with van der Waals surface area (Å²) < 4.78 is 27.6. The number of carboxylic acids is 1. The van der Waals surface area contributed by atoms with Crippen molar-refractivity contribution in [3.63, 3.8) is 0 Å². The average molecular weight is 279 g/mol. The molecule has 1 rings (SSSR count). The largest absolute Gasteiger partial charge is 0.480 e. The highest BCUT2D eigenvalue weighted by Crippen LogP contribution is 2.21. The first-order valence-electron chi connectivity index (χ1n) is 5.51. The van der Waals surface area contributed by atoms with E-state index in [1.807, 2.05) is 0 Å². The predicted molar refractivity (Wildman–Crippen MR) is 62.9 cm³/mol. The van der Waals surface area contributed by atoms with E-state index in [1.54, 1.807) is 0 Å². The van der Waals surface area contributed by atoms with Crippen molar-refractivity contribution in [1.29, 1.82) is 0 Å². The summed E-state index contributed by atoms with van der Waals surface area (Å²) >= 11 is 0. The second-order valence-electron chi connectivity index (χ2n) is 4.46. The van der Waals surface area contributed by atoms with E-state index in [0.29, 0.717) is 0 Å². The van der Waals surface area contributed by atoms with Crippen molar-refractivity contribution in [1.82, 2.24) is 5.32 Å². The van der Waals surface area contributed by atoms with Gasteiger partial charge in [0, 0.05) is 32.3 Å². The highest BCUT2D eigenvalue weighted by Gasteiger charge is 2.43. The number of hydrogen-bond donors (Lipinski definition) is 2. The van der Waals surface area contributed by atoms with E-state index < -0.39 is 32.5 Å². The van der Waals surface area contributed by atoms with E-state index in [0.717, 1.165) is 6.26 Å². The molecule has 0 aromatic heterocycles. The summed E-state index contributed by atoms with van der Waals surface area (Å²) in [6.07, 6.45) is 1.20. The number of amides is 1. The summed E-state index contributed by atoms with van der Waals surface area (Å²) in [5.41, 5.74) is -1.42. The predicted octanol–water partition coefficient (Wildman–Crippen LogP) is -0.830. The van der Waals surface area contributed by atoms with Crippen LogP contribution in [0.3, 0.4) is 0 Å². The van der Waals surface area contributed by atoms with Crippen LogP contribution < -0.4 is 5.32 Å². The van der Waals surface area contributed by atoms with Gasteiger partial charge in [0.05, 0.1) is 0 Å². The van der Waals surface area contributed by atoms with E-state index in [4.69, 9.17) is 4.74 Å². The Bertz CT molecular complexity index is 437. The summed E-state index contributed by atoms with van der Waals surface area (Å²) in [7, 11) is -3.54. The SMILES string of the molecule is CC(C(=O)NC1(C(=O)O)CCOCC1)S(C)(=O)=O. The number of aliphatic carboxylic acids is 1. The zero-order valence-electron chi connectivity index (χ0n) is 10.3. The first-order valence-corrected chi connectivity index (χ1v) is 7.46. The van der Waals surface area contributed by atoms with Gasteiger partial charge in [0.2, 0.25) is 5.91 Å². The van der Waals surface area contributed by atoms with E-state index in [-0.39, 0.29) is 26.1 Å². The number of hydrogen-bond acceptors (Lipinski definition) is 5. The van der Waals surface area contributed by atoms with Crippen LogP contribution in [-0.4, -0.2) is 55.7 Å². The maximum absolute atomic E-state index is 11.8. The third kappa shape index (κ3) is 3.20. The maximum atomic E-state index is 11.8. The highest BCUT2D eigenvalue weighted by atomic mass is 32.2. The summed E-state index contributed by atoms with van der Waals surface area (Å²) in [4.78, 5) is 23.0. The summed E-state index contributed by atoms with van der Waals surface area (Å²) in [6, 6.07) is 0. The van der Waals surface area contributed by atoms with Crippen molar-refractivity contribution in [2.24, 2.45) is 0 Å². The number of ether oxygens (including phenoxy) is 1. The van der Waals surface area contributed by atoms with Crippen molar-refractivity contribution in [3.8, 4) is 0 Å². The number of rotatable bonds is 4. The molecule has 0 saturated carbocycles. The molecular formula is C10H17NO6S. The van der Waals surface area contributed by atoms with Crippen LogP contribution in [0.25, 0.3) is 0 Å². The molecule has 1 unspecified atom stereocenters. The number of carbonyl (C=O) groups excluding carboxylic acids is 1. The van der Waals surface area contributed by atoms with Crippen LogP contribution in [0.2, 0.25) is 0 Å². The fourth-order valence-electron chi connectivity index (χ4n) is 1.64. The lowest BCUT2D eigenvalue weighted by Crippen LogP contribution is -2.59. The van der Waals surface area contributed by atoms with Gasteiger partial charge in [-0.1, -0.05) is 0 Å². The third-order valence-corrected chi connectivity index (χ3v) is 4.63. The molecule has 0 aliphatic carbocycles. The summed E-state index contributed by atoms with van der Waals surface area (Å²) in [5, 5.41) is 10.3. The normalized spacial score (nSPS) is 21.0. The van der Waals surface area contributed by atoms with Crippen LogP contribution >= 0.6 is 0 Å². The molecule has 1 heterocycles. The molecule has 1 atom stereocenters. The van der Waals surface area contributed by atoms with Gasteiger partial charge in [-0.05, 0) is 6.92 Å². The Balaban J connectivity index is 2.85. The minimum atomic E-state index is -3.54. The number of nitrogens with one attached hydrogen (secondary N) is 1. The van der Waals surface area contributed by atoms with Gasteiger partial charge in [0.15, 0.2) is 9.84 Å². The Kier molecular flexibility index (Phi) is 4.33. The van der Waals surface area contributed by atoms with E-state index in [1.165, 1.54) is 6.92 Å². The number of carboxylic acid groups (broad SMARTS) is 1. The molecule has 0 aromatic carbocycles. The van der Waals surface area contributed by atoms with E-state index >= 15 is 0 Å². The lowest BCUT2D eigenvalue weighted by Gasteiger charge is -2.34. The smallest absolute Gasteiger partial charge is 0.329 e. The summed E-state index contributed by atoms with van der Waals surface area (Å²) in [5.74, 6) is -1.96. The first-order chi connectivity index (χ1) is 8.19. The van der Waals surface area contributed by atoms with Gasteiger partial charge in [0.25, 0.3) is 0 Å². The topological polar surface area (TPSA) is 110 Å². The Labute approximate surface area is 105 Å². The lowest BCUT2D eigenvalue weighted by molar-refractivity contribution is -0.152. The molecule has 1 aliphatic rings. The molecule has 8 heteroatoms. The fourth-order valence-corrected chi connectivity index (χ4v) is 2.09. The number of sulfone groups is 1. The highest BCUT2D eigenvalue weighted by molar-refractivity contribution is 7.92. The van der Waals surface area contributed by atoms with Crippen LogP contribution in [0.4, 0.5) is 0 Å². The molecule has 0 bridgehead atoms. The molecule has 1 saturated heterocycles. The van der Waals surface area contributed by atoms with Crippen LogP contribution in [0.5, 0.6) is 0 Å². The van der Waals surface area contributed by atoms with Gasteiger partial charge in [-0.3, -0.25) is 4.79 Å². The Morgan fingerprint density at radius 2 is 1.83 bits per heavy atom.